The van der Waals surface area contributed by atoms with E-state index < -0.39 is 0 Å². The fourth-order valence-corrected chi connectivity index (χ4v) is 2.29. The number of hydrogen-bond acceptors (Lipinski definition) is 5. The molecule has 2 aromatic heterocycles. The van der Waals surface area contributed by atoms with E-state index in [-0.39, 0.29) is 0 Å². The smallest absolute Gasteiger partial charge is 0.159 e. The third kappa shape index (κ3) is 3.60. The van der Waals surface area contributed by atoms with Gasteiger partial charge in [0, 0.05) is 11.8 Å². The number of nitrogens with one attached hydrogen (secondary N) is 1. The highest BCUT2D eigenvalue weighted by atomic mass is 15.3. The largest absolute Gasteiger partial charge is 0.261 e. The molecule has 0 atom stereocenters. The molecule has 0 radical (unpaired) electrons. The lowest BCUT2D eigenvalue weighted by Gasteiger charge is -2.07. The Morgan fingerprint density at radius 3 is 2.52 bits per heavy atom. The van der Waals surface area contributed by atoms with Gasteiger partial charge in [-0.05, 0) is 32.4 Å². The molecule has 0 saturated heterocycles. The summed E-state index contributed by atoms with van der Waals surface area (Å²) in [5, 5.41) is 8.67. The lowest BCUT2D eigenvalue weighted by molar-refractivity contribution is 0.793. The summed E-state index contributed by atoms with van der Waals surface area (Å²) in [4.78, 5) is 8.79. The molecule has 0 unspecified atom stereocenters. The molecule has 0 amide bonds. The molecular formula is C17H18N6. The first-order chi connectivity index (χ1) is 11.1. The maximum atomic E-state index is 4.45. The highest BCUT2D eigenvalue weighted by molar-refractivity contribution is 5.79. The number of benzene rings is 1. The van der Waals surface area contributed by atoms with Crippen molar-refractivity contribution < 1.29 is 0 Å². The predicted octanol–water partition coefficient (Wildman–Crippen LogP) is 3.03. The lowest BCUT2D eigenvalue weighted by Crippen LogP contribution is -2.06. The van der Waals surface area contributed by atoms with E-state index in [0.29, 0.717) is 11.6 Å². The highest BCUT2D eigenvalue weighted by Crippen LogP contribution is 2.13. The molecule has 1 aromatic carbocycles. The monoisotopic (exact) mass is 306 g/mol. The van der Waals surface area contributed by atoms with Crippen molar-refractivity contribution in [3.05, 3.63) is 65.2 Å². The van der Waals surface area contributed by atoms with Crippen molar-refractivity contribution in [2.75, 3.05) is 5.43 Å². The van der Waals surface area contributed by atoms with Gasteiger partial charge >= 0.3 is 0 Å². The Bertz CT molecular complexity index is 836. The molecule has 0 bridgehead atoms. The van der Waals surface area contributed by atoms with Crippen LogP contribution in [0.3, 0.4) is 0 Å². The molecule has 116 valence electrons. The second-order valence-corrected chi connectivity index (χ2v) is 5.28. The summed E-state index contributed by atoms with van der Waals surface area (Å²) in [6.45, 7) is 5.81. The molecule has 0 spiro atoms. The van der Waals surface area contributed by atoms with Crippen LogP contribution < -0.4 is 5.43 Å². The third-order valence-corrected chi connectivity index (χ3v) is 3.24. The summed E-state index contributed by atoms with van der Waals surface area (Å²) >= 11 is 0. The zero-order valence-electron chi connectivity index (χ0n) is 13.4. The van der Waals surface area contributed by atoms with E-state index in [9.17, 15) is 0 Å². The Labute approximate surface area is 134 Å². The molecule has 0 aliphatic rings. The molecule has 0 saturated carbocycles. The summed E-state index contributed by atoms with van der Waals surface area (Å²) in [6.07, 6.45) is 1.75. The van der Waals surface area contributed by atoms with Crippen LogP contribution in [0.25, 0.3) is 5.82 Å². The zero-order chi connectivity index (χ0) is 16.2. The van der Waals surface area contributed by atoms with Gasteiger partial charge in [-0.1, -0.05) is 30.3 Å². The van der Waals surface area contributed by atoms with E-state index >= 15 is 0 Å². The quantitative estimate of drug-likeness (QED) is 0.594. The van der Waals surface area contributed by atoms with Gasteiger partial charge in [0.05, 0.1) is 11.9 Å². The number of hydrazone groups is 1. The second kappa shape index (κ2) is 6.39. The fourth-order valence-electron chi connectivity index (χ4n) is 2.29. The van der Waals surface area contributed by atoms with Crippen molar-refractivity contribution in [1.82, 2.24) is 19.7 Å². The Morgan fingerprint density at radius 1 is 1.04 bits per heavy atom. The number of aromatic nitrogens is 4. The molecule has 6 heteroatoms. The number of hydrogen-bond donors (Lipinski definition) is 1. The average Bonchev–Trinajstić information content (AvgIpc) is 2.86. The lowest BCUT2D eigenvalue weighted by atomic mass is 10.2. The van der Waals surface area contributed by atoms with E-state index in [0.717, 1.165) is 22.8 Å². The Hall–Kier alpha value is -3.02. The van der Waals surface area contributed by atoms with Crippen molar-refractivity contribution in [2.45, 2.75) is 20.8 Å². The van der Waals surface area contributed by atoms with Crippen LogP contribution in [0.15, 0.2) is 47.6 Å². The van der Waals surface area contributed by atoms with Crippen LogP contribution in [0.2, 0.25) is 0 Å². The molecule has 6 nitrogen and oxygen atoms in total. The SMILES string of the molecule is Cc1cc(C)n(-c2cc(N/N=C/c3ccccc3)nc(C)n2)n1. The van der Waals surface area contributed by atoms with E-state index in [4.69, 9.17) is 0 Å². The summed E-state index contributed by atoms with van der Waals surface area (Å²) < 4.78 is 1.80. The fraction of sp³-hybridized carbons (Fsp3) is 0.176. The second-order valence-electron chi connectivity index (χ2n) is 5.28. The van der Waals surface area contributed by atoms with Gasteiger partial charge in [-0.3, -0.25) is 5.43 Å². The topological polar surface area (TPSA) is 68.0 Å². The highest BCUT2D eigenvalue weighted by Gasteiger charge is 2.07. The first kappa shape index (κ1) is 14.9. The minimum absolute atomic E-state index is 0.632. The summed E-state index contributed by atoms with van der Waals surface area (Å²) in [7, 11) is 0. The van der Waals surface area contributed by atoms with Crippen molar-refractivity contribution in [1.29, 1.82) is 0 Å². The molecule has 0 aliphatic heterocycles. The number of aryl methyl sites for hydroxylation is 3. The van der Waals surface area contributed by atoms with Crippen LogP contribution >= 0.6 is 0 Å². The maximum absolute atomic E-state index is 4.45. The van der Waals surface area contributed by atoms with Gasteiger partial charge in [0.2, 0.25) is 0 Å². The Kier molecular flexibility index (Phi) is 4.14. The van der Waals surface area contributed by atoms with Gasteiger partial charge in [0.25, 0.3) is 0 Å². The van der Waals surface area contributed by atoms with E-state index in [1.54, 1.807) is 10.9 Å². The molecule has 3 aromatic rings. The van der Waals surface area contributed by atoms with Crippen LogP contribution in [0.5, 0.6) is 0 Å². The molecule has 23 heavy (non-hydrogen) atoms. The summed E-state index contributed by atoms with van der Waals surface area (Å²) in [5.41, 5.74) is 5.95. The summed E-state index contributed by atoms with van der Waals surface area (Å²) in [5.74, 6) is 2.01. The van der Waals surface area contributed by atoms with E-state index in [1.807, 2.05) is 63.2 Å². The molecule has 1 N–H and O–H groups in total. The molecule has 0 fully saturated rings. The van der Waals surface area contributed by atoms with Crippen molar-refractivity contribution in [3.63, 3.8) is 0 Å². The molecule has 3 rings (SSSR count). The molecule has 0 aliphatic carbocycles. The van der Waals surface area contributed by atoms with Crippen LogP contribution in [0, 0.1) is 20.8 Å². The van der Waals surface area contributed by atoms with E-state index in [2.05, 4.69) is 25.6 Å². The summed E-state index contributed by atoms with van der Waals surface area (Å²) in [6, 6.07) is 13.7. The van der Waals surface area contributed by atoms with Crippen LogP contribution in [-0.4, -0.2) is 26.0 Å². The van der Waals surface area contributed by atoms with Gasteiger partial charge < -0.3 is 0 Å². The predicted molar refractivity (Wildman–Crippen MR) is 91.0 cm³/mol. The normalized spacial score (nSPS) is 11.1. The van der Waals surface area contributed by atoms with Gasteiger partial charge in [-0.15, -0.1) is 0 Å². The van der Waals surface area contributed by atoms with Crippen molar-refractivity contribution in [3.8, 4) is 5.82 Å². The standard InChI is InChI=1S/C17H18N6/c1-12-9-13(2)23(22-12)17-10-16(19-14(3)20-17)21-18-11-15-7-5-4-6-8-15/h4-11H,1-3H3,(H,19,20,21)/b18-11+. The van der Waals surface area contributed by atoms with Crippen molar-refractivity contribution in [2.24, 2.45) is 5.10 Å². The molecular weight excluding hydrogens is 288 g/mol. The Balaban J connectivity index is 1.83. The van der Waals surface area contributed by atoms with Gasteiger partial charge in [0.1, 0.15) is 5.82 Å². The van der Waals surface area contributed by atoms with E-state index in [1.165, 1.54) is 0 Å². The number of anilines is 1. The number of nitrogens with zero attached hydrogens (tertiary/aromatic N) is 5. The zero-order valence-corrected chi connectivity index (χ0v) is 13.4. The third-order valence-electron chi connectivity index (χ3n) is 3.24. The first-order valence-electron chi connectivity index (χ1n) is 7.35. The van der Waals surface area contributed by atoms with Gasteiger partial charge in [-0.25, -0.2) is 14.6 Å². The van der Waals surface area contributed by atoms with Crippen molar-refractivity contribution >= 4 is 12.0 Å². The Morgan fingerprint density at radius 2 is 1.83 bits per heavy atom. The van der Waals surface area contributed by atoms with Gasteiger partial charge in [-0.2, -0.15) is 10.2 Å². The van der Waals surface area contributed by atoms with Crippen LogP contribution in [0.4, 0.5) is 5.82 Å². The average molecular weight is 306 g/mol. The first-order valence-corrected chi connectivity index (χ1v) is 7.35. The maximum Gasteiger partial charge on any atom is 0.159 e. The minimum Gasteiger partial charge on any atom is -0.261 e. The van der Waals surface area contributed by atoms with Crippen LogP contribution in [-0.2, 0) is 0 Å². The number of rotatable bonds is 4. The minimum atomic E-state index is 0.632. The van der Waals surface area contributed by atoms with Gasteiger partial charge in [0.15, 0.2) is 11.6 Å². The molecule has 2 heterocycles. The van der Waals surface area contributed by atoms with Crippen LogP contribution in [0.1, 0.15) is 22.8 Å².